The van der Waals surface area contributed by atoms with Gasteiger partial charge in [0.05, 0.1) is 0 Å². The fourth-order valence-electron chi connectivity index (χ4n) is 2.47. The van der Waals surface area contributed by atoms with Crippen molar-refractivity contribution in [3.05, 3.63) is 33.8 Å². The molecule has 0 aliphatic carbocycles. The second-order valence-electron chi connectivity index (χ2n) is 4.88. The van der Waals surface area contributed by atoms with Gasteiger partial charge in [-0.3, -0.25) is 0 Å². The third-order valence-electron chi connectivity index (χ3n) is 3.61. The quantitative estimate of drug-likeness (QED) is 0.892. The standard InChI is InChI=1S/C14H20Cl2N2/c1-2-18-7-6-11(10-18)8-17-9-12-13(15)4-3-5-14(12)16/h3-5,11,17H,2,6-10H2,1H3. The summed E-state index contributed by atoms with van der Waals surface area (Å²) in [4.78, 5) is 2.49. The van der Waals surface area contributed by atoms with E-state index in [1.54, 1.807) is 0 Å². The number of benzene rings is 1. The van der Waals surface area contributed by atoms with Gasteiger partial charge in [0.1, 0.15) is 0 Å². The van der Waals surface area contributed by atoms with E-state index in [0.29, 0.717) is 0 Å². The van der Waals surface area contributed by atoms with Gasteiger partial charge in [-0.2, -0.15) is 0 Å². The Kier molecular flexibility index (Phi) is 5.31. The van der Waals surface area contributed by atoms with Gasteiger partial charge in [0, 0.05) is 28.7 Å². The lowest BCUT2D eigenvalue weighted by Gasteiger charge is -2.14. The van der Waals surface area contributed by atoms with Crippen LogP contribution < -0.4 is 5.32 Å². The van der Waals surface area contributed by atoms with E-state index in [-0.39, 0.29) is 0 Å². The highest BCUT2D eigenvalue weighted by Gasteiger charge is 2.20. The molecule has 2 rings (SSSR count). The van der Waals surface area contributed by atoms with Crippen molar-refractivity contribution >= 4 is 23.2 Å². The van der Waals surface area contributed by atoms with E-state index in [4.69, 9.17) is 23.2 Å². The van der Waals surface area contributed by atoms with Crippen molar-refractivity contribution in [2.75, 3.05) is 26.2 Å². The maximum absolute atomic E-state index is 6.14. The van der Waals surface area contributed by atoms with Crippen molar-refractivity contribution in [2.24, 2.45) is 5.92 Å². The average Bonchev–Trinajstić information content (AvgIpc) is 2.81. The first-order valence-electron chi connectivity index (χ1n) is 6.56. The molecule has 4 heteroatoms. The lowest BCUT2D eigenvalue weighted by molar-refractivity contribution is 0.339. The Labute approximate surface area is 119 Å². The van der Waals surface area contributed by atoms with Crippen LogP contribution in [0.2, 0.25) is 10.0 Å². The average molecular weight is 287 g/mol. The minimum Gasteiger partial charge on any atom is -0.312 e. The molecule has 2 nitrogen and oxygen atoms in total. The number of hydrogen-bond acceptors (Lipinski definition) is 2. The van der Waals surface area contributed by atoms with Crippen LogP contribution in [0.1, 0.15) is 18.9 Å². The first-order valence-corrected chi connectivity index (χ1v) is 7.32. The summed E-state index contributed by atoms with van der Waals surface area (Å²) in [6.07, 6.45) is 1.29. The molecular formula is C14H20Cl2N2. The Hall–Kier alpha value is -0.280. The Balaban J connectivity index is 1.79. The zero-order valence-electron chi connectivity index (χ0n) is 10.8. The van der Waals surface area contributed by atoms with Crippen molar-refractivity contribution in [1.82, 2.24) is 10.2 Å². The minimum atomic E-state index is 0.747. The second kappa shape index (κ2) is 6.76. The van der Waals surface area contributed by atoms with Crippen LogP contribution in [0.5, 0.6) is 0 Å². The minimum absolute atomic E-state index is 0.747. The zero-order chi connectivity index (χ0) is 13.0. The maximum Gasteiger partial charge on any atom is 0.0465 e. The number of rotatable bonds is 5. The van der Waals surface area contributed by atoms with Gasteiger partial charge in [0.25, 0.3) is 0 Å². The van der Waals surface area contributed by atoms with Gasteiger partial charge in [-0.1, -0.05) is 36.2 Å². The SMILES string of the molecule is CCN1CCC(CNCc2c(Cl)cccc2Cl)C1. The Morgan fingerprint density at radius 1 is 1.33 bits per heavy atom. The van der Waals surface area contributed by atoms with E-state index < -0.39 is 0 Å². The molecule has 1 N–H and O–H groups in total. The fraction of sp³-hybridized carbons (Fsp3) is 0.571. The molecule has 0 radical (unpaired) electrons. The summed E-state index contributed by atoms with van der Waals surface area (Å²) in [6, 6.07) is 5.65. The summed E-state index contributed by atoms with van der Waals surface area (Å²) in [7, 11) is 0. The molecule has 0 amide bonds. The first-order chi connectivity index (χ1) is 8.70. The molecule has 1 atom stereocenters. The van der Waals surface area contributed by atoms with Crippen LogP contribution in [0.15, 0.2) is 18.2 Å². The van der Waals surface area contributed by atoms with Crippen LogP contribution in [0, 0.1) is 5.92 Å². The third kappa shape index (κ3) is 3.61. The lowest BCUT2D eigenvalue weighted by Crippen LogP contribution is -2.26. The molecule has 1 saturated heterocycles. The molecule has 1 aromatic rings. The van der Waals surface area contributed by atoms with Crippen molar-refractivity contribution in [3.8, 4) is 0 Å². The molecule has 1 heterocycles. The molecule has 1 unspecified atom stereocenters. The number of halogens is 2. The van der Waals surface area contributed by atoms with Crippen LogP contribution in [0.3, 0.4) is 0 Å². The van der Waals surface area contributed by atoms with Crippen molar-refractivity contribution in [3.63, 3.8) is 0 Å². The van der Waals surface area contributed by atoms with Gasteiger partial charge in [-0.15, -0.1) is 0 Å². The van der Waals surface area contributed by atoms with Crippen LogP contribution in [0.25, 0.3) is 0 Å². The lowest BCUT2D eigenvalue weighted by atomic mass is 10.1. The highest BCUT2D eigenvalue weighted by molar-refractivity contribution is 6.35. The van der Waals surface area contributed by atoms with E-state index in [0.717, 1.165) is 41.2 Å². The number of hydrogen-bond donors (Lipinski definition) is 1. The predicted octanol–water partition coefficient (Wildman–Crippen LogP) is 3.42. The van der Waals surface area contributed by atoms with Crippen LogP contribution in [-0.4, -0.2) is 31.1 Å². The van der Waals surface area contributed by atoms with Crippen LogP contribution in [0.4, 0.5) is 0 Å². The predicted molar refractivity (Wildman–Crippen MR) is 78.4 cm³/mol. The van der Waals surface area contributed by atoms with Gasteiger partial charge in [-0.05, 0) is 44.1 Å². The Bertz CT molecular complexity index is 375. The van der Waals surface area contributed by atoms with Crippen LogP contribution in [-0.2, 0) is 6.54 Å². The molecule has 0 spiro atoms. The van der Waals surface area contributed by atoms with E-state index in [1.807, 2.05) is 18.2 Å². The van der Waals surface area contributed by atoms with E-state index in [1.165, 1.54) is 19.5 Å². The Morgan fingerprint density at radius 3 is 2.67 bits per heavy atom. The largest absolute Gasteiger partial charge is 0.312 e. The normalized spacial score (nSPS) is 20.5. The topological polar surface area (TPSA) is 15.3 Å². The summed E-state index contributed by atoms with van der Waals surface area (Å²) in [6.45, 7) is 7.61. The van der Waals surface area contributed by atoms with Crippen molar-refractivity contribution in [1.29, 1.82) is 0 Å². The van der Waals surface area contributed by atoms with Crippen LogP contribution >= 0.6 is 23.2 Å². The number of nitrogens with one attached hydrogen (secondary N) is 1. The van der Waals surface area contributed by atoms with Gasteiger partial charge in [0.15, 0.2) is 0 Å². The number of nitrogens with zero attached hydrogens (tertiary/aromatic N) is 1. The van der Waals surface area contributed by atoms with E-state index in [2.05, 4.69) is 17.1 Å². The first kappa shape index (κ1) is 14.1. The Morgan fingerprint density at radius 2 is 2.06 bits per heavy atom. The molecule has 1 aliphatic heterocycles. The molecular weight excluding hydrogens is 267 g/mol. The summed E-state index contributed by atoms with van der Waals surface area (Å²) in [5.74, 6) is 0.756. The third-order valence-corrected chi connectivity index (χ3v) is 4.32. The van der Waals surface area contributed by atoms with Gasteiger partial charge in [-0.25, -0.2) is 0 Å². The molecule has 0 saturated carbocycles. The molecule has 0 bridgehead atoms. The van der Waals surface area contributed by atoms with Gasteiger partial charge in [0.2, 0.25) is 0 Å². The summed E-state index contributed by atoms with van der Waals surface area (Å²) in [5, 5.41) is 4.97. The van der Waals surface area contributed by atoms with Gasteiger partial charge < -0.3 is 10.2 Å². The molecule has 100 valence electrons. The van der Waals surface area contributed by atoms with Crippen molar-refractivity contribution in [2.45, 2.75) is 19.9 Å². The summed E-state index contributed by atoms with van der Waals surface area (Å²) >= 11 is 12.3. The summed E-state index contributed by atoms with van der Waals surface area (Å²) in [5.41, 5.74) is 1.01. The number of likely N-dealkylation sites (tertiary alicyclic amines) is 1. The second-order valence-corrected chi connectivity index (χ2v) is 5.69. The highest BCUT2D eigenvalue weighted by Crippen LogP contribution is 2.24. The maximum atomic E-state index is 6.14. The fourth-order valence-corrected chi connectivity index (χ4v) is 3.00. The molecule has 18 heavy (non-hydrogen) atoms. The smallest absolute Gasteiger partial charge is 0.0465 e. The van der Waals surface area contributed by atoms with Crippen molar-refractivity contribution < 1.29 is 0 Å². The molecule has 1 aromatic carbocycles. The zero-order valence-corrected chi connectivity index (χ0v) is 12.3. The molecule has 1 aliphatic rings. The monoisotopic (exact) mass is 286 g/mol. The van der Waals surface area contributed by atoms with E-state index >= 15 is 0 Å². The molecule has 0 aromatic heterocycles. The van der Waals surface area contributed by atoms with Gasteiger partial charge >= 0.3 is 0 Å². The summed E-state index contributed by atoms with van der Waals surface area (Å²) < 4.78 is 0. The highest BCUT2D eigenvalue weighted by atomic mass is 35.5. The molecule has 1 fully saturated rings. The van der Waals surface area contributed by atoms with E-state index in [9.17, 15) is 0 Å².